The zero-order chi connectivity index (χ0) is 17.9. The molecule has 0 bridgehead atoms. The number of hydrogen-bond acceptors (Lipinski definition) is 7. The molecule has 4 rings (SSSR count). The van der Waals surface area contributed by atoms with Crippen molar-refractivity contribution in [1.29, 1.82) is 0 Å². The monoisotopic (exact) mass is 338 g/mol. The second-order valence-electron chi connectivity index (χ2n) is 6.04. The molecule has 25 heavy (non-hydrogen) atoms. The predicted octanol–water partition coefficient (Wildman–Crippen LogP) is 1.53. The standard InChI is InChI=1S/C18H10O7/c1-7-4-11-13(18(23)25-16(11)21)6-10(7)14(19)8-2-3-9-12(5-8)17(22)24-15(9)20/h2-3,5-7H,4H2,1H3. The summed E-state index contributed by atoms with van der Waals surface area (Å²) in [5.74, 6) is -3.66. The molecule has 1 atom stereocenters. The van der Waals surface area contributed by atoms with E-state index < -0.39 is 23.9 Å². The summed E-state index contributed by atoms with van der Waals surface area (Å²) in [6.07, 6.45) is 1.60. The minimum atomic E-state index is -0.796. The van der Waals surface area contributed by atoms with Gasteiger partial charge in [0.05, 0.1) is 22.3 Å². The molecule has 0 aromatic heterocycles. The molecule has 0 fully saturated rings. The summed E-state index contributed by atoms with van der Waals surface area (Å²) in [6.45, 7) is 1.76. The molecule has 1 aromatic rings. The van der Waals surface area contributed by atoms with Crippen LogP contribution in [-0.4, -0.2) is 29.7 Å². The molecule has 0 N–H and O–H groups in total. The van der Waals surface area contributed by atoms with E-state index in [0.717, 1.165) is 0 Å². The van der Waals surface area contributed by atoms with E-state index >= 15 is 0 Å². The quantitative estimate of drug-likeness (QED) is 0.457. The molecule has 7 nitrogen and oxygen atoms in total. The van der Waals surface area contributed by atoms with Gasteiger partial charge in [0.2, 0.25) is 0 Å². The molecule has 0 radical (unpaired) electrons. The average Bonchev–Trinajstić information content (AvgIpc) is 3.02. The van der Waals surface area contributed by atoms with Gasteiger partial charge in [-0.3, -0.25) is 4.79 Å². The molecule has 0 saturated carbocycles. The number of allylic oxidation sites excluding steroid dienone is 1. The number of ketones is 1. The van der Waals surface area contributed by atoms with Crippen LogP contribution < -0.4 is 0 Å². The Morgan fingerprint density at radius 3 is 2.40 bits per heavy atom. The maximum Gasteiger partial charge on any atom is 0.346 e. The third kappa shape index (κ3) is 2.16. The molecule has 1 aliphatic carbocycles. The molecule has 0 saturated heterocycles. The molecule has 124 valence electrons. The lowest BCUT2D eigenvalue weighted by Gasteiger charge is -2.19. The Morgan fingerprint density at radius 1 is 0.960 bits per heavy atom. The van der Waals surface area contributed by atoms with Crippen molar-refractivity contribution in [3.05, 3.63) is 57.7 Å². The second-order valence-corrected chi connectivity index (χ2v) is 6.04. The summed E-state index contributed by atoms with van der Waals surface area (Å²) < 4.78 is 9.08. The van der Waals surface area contributed by atoms with Crippen LogP contribution >= 0.6 is 0 Å². The summed E-state index contributed by atoms with van der Waals surface area (Å²) in [6, 6.07) is 4.10. The van der Waals surface area contributed by atoms with E-state index in [2.05, 4.69) is 9.47 Å². The number of ether oxygens (including phenoxy) is 2. The third-order valence-corrected chi connectivity index (χ3v) is 4.49. The number of cyclic esters (lactones) is 4. The van der Waals surface area contributed by atoms with Crippen molar-refractivity contribution in [2.24, 2.45) is 5.92 Å². The predicted molar refractivity (Wildman–Crippen MR) is 80.5 cm³/mol. The van der Waals surface area contributed by atoms with Gasteiger partial charge in [0.25, 0.3) is 0 Å². The Balaban J connectivity index is 1.75. The van der Waals surface area contributed by atoms with Gasteiger partial charge in [-0.15, -0.1) is 0 Å². The third-order valence-electron chi connectivity index (χ3n) is 4.49. The normalized spacial score (nSPS) is 21.6. The number of Topliss-reactive ketones (excluding diaryl/α,β-unsaturated/α-hetero) is 1. The Bertz CT molecular complexity index is 977. The molecule has 1 aromatic carbocycles. The molecular weight excluding hydrogens is 328 g/mol. The highest BCUT2D eigenvalue weighted by atomic mass is 16.6. The molecule has 1 unspecified atom stereocenters. The summed E-state index contributed by atoms with van der Waals surface area (Å²) >= 11 is 0. The Labute approximate surface area is 140 Å². The second kappa shape index (κ2) is 5.07. The van der Waals surface area contributed by atoms with Crippen LogP contribution in [0.4, 0.5) is 0 Å². The fourth-order valence-electron chi connectivity index (χ4n) is 3.17. The zero-order valence-corrected chi connectivity index (χ0v) is 13.0. The van der Waals surface area contributed by atoms with Gasteiger partial charge in [0, 0.05) is 11.1 Å². The number of benzene rings is 1. The van der Waals surface area contributed by atoms with Crippen LogP contribution in [-0.2, 0) is 19.1 Å². The summed E-state index contributed by atoms with van der Waals surface area (Å²) in [4.78, 5) is 59.2. The smallest absolute Gasteiger partial charge is 0.346 e. The van der Waals surface area contributed by atoms with Crippen LogP contribution in [0.3, 0.4) is 0 Å². The van der Waals surface area contributed by atoms with Crippen LogP contribution in [0.2, 0.25) is 0 Å². The lowest BCUT2D eigenvalue weighted by Crippen LogP contribution is -2.17. The molecule has 3 aliphatic rings. The van der Waals surface area contributed by atoms with Crippen molar-refractivity contribution in [3.8, 4) is 0 Å². The minimum absolute atomic E-state index is 0.0373. The van der Waals surface area contributed by atoms with Crippen LogP contribution in [0.5, 0.6) is 0 Å². The SMILES string of the molecule is CC1CC2=C(C=C1C(=O)c1ccc3c(c1)C(=O)OC3=O)C(=O)OC2=O. The van der Waals surface area contributed by atoms with Gasteiger partial charge in [0.15, 0.2) is 5.78 Å². The number of esters is 4. The lowest BCUT2D eigenvalue weighted by atomic mass is 9.81. The van der Waals surface area contributed by atoms with Crippen LogP contribution in [0, 0.1) is 5.92 Å². The highest BCUT2D eigenvalue weighted by Gasteiger charge is 2.38. The number of fused-ring (bicyclic) bond motifs is 1. The Hall–Kier alpha value is -3.35. The Morgan fingerprint density at radius 2 is 1.64 bits per heavy atom. The van der Waals surface area contributed by atoms with E-state index in [1.807, 2.05) is 0 Å². The molecule has 0 spiro atoms. The van der Waals surface area contributed by atoms with Crippen molar-refractivity contribution < 1.29 is 33.4 Å². The van der Waals surface area contributed by atoms with E-state index in [1.165, 1.54) is 24.3 Å². The number of rotatable bonds is 2. The van der Waals surface area contributed by atoms with Gasteiger partial charge in [0.1, 0.15) is 0 Å². The highest BCUT2D eigenvalue weighted by molar-refractivity contribution is 6.19. The first-order valence-corrected chi connectivity index (χ1v) is 7.53. The number of carbonyl (C=O) groups excluding carboxylic acids is 5. The van der Waals surface area contributed by atoms with Crippen LogP contribution in [0.1, 0.15) is 44.4 Å². The molecule has 7 heteroatoms. The minimum Gasteiger partial charge on any atom is -0.386 e. The first kappa shape index (κ1) is 15.2. The van der Waals surface area contributed by atoms with Gasteiger partial charge in [-0.25, -0.2) is 19.2 Å². The van der Waals surface area contributed by atoms with Crippen molar-refractivity contribution in [1.82, 2.24) is 0 Å². The largest absolute Gasteiger partial charge is 0.386 e. The van der Waals surface area contributed by atoms with Crippen molar-refractivity contribution in [3.63, 3.8) is 0 Å². The average molecular weight is 338 g/mol. The molecule has 2 heterocycles. The van der Waals surface area contributed by atoms with E-state index in [4.69, 9.17) is 0 Å². The van der Waals surface area contributed by atoms with Gasteiger partial charge in [-0.05, 0) is 30.5 Å². The van der Waals surface area contributed by atoms with E-state index in [0.29, 0.717) is 5.57 Å². The van der Waals surface area contributed by atoms with E-state index in [-0.39, 0.29) is 46.0 Å². The summed E-state index contributed by atoms with van der Waals surface area (Å²) in [7, 11) is 0. The fourth-order valence-corrected chi connectivity index (χ4v) is 3.17. The lowest BCUT2D eigenvalue weighted by molar-refractivity contribution is -0.151. The van der Waals surface area contributed by atoms with Gasteiger partial charge >= 0.3 is 23.9 Å². The first-order valence-electron chi connectivity index (χ1n) is 7.53. The van der Waals surface area contributed by atoms with Crippen LogP contribution in [0.25, 0.3) is 0 Å². The Kier molecular flexibility index (Phi) is 3.08. The van der Waals surface area contributed by atoms with E-state index in [9.17, 15) is 24.0 Å². The zero-order valence-electron chi connectivity index (χ0n) is 13.0. The highest BCUT2D eigenvalue weighted by Crippen LogP contribution is 2.35. The first-order chi connectivity index (χ1) is 11.9. The van der Waals surface area contributed by atoms with Crippen molar-refractivity contribution in [2.45, 2.75) is 13.3 Å². The van der Waals surface area contributed by atoms with E-state index in [1.54, 1.807) is 6.92 Å². The molecular formula is C18H10O7. The topological polar surface area (TPSA) is 104 Å². The van der Waals surface area contributed by atoms with Gasteiger partial charge in [-0.1, -0.05) is 13.0 Å². The van der Waals surface area contributed by atoms with Gasteiger partial charge < -0.3 is 9.47 Å². The molecule has 0 amide bonds. The van der Waals surface area contributed by atoms with Crippen molar-refractivity contribution >= 4 is 29.7 Å². The molecule has 2 aliphatic heterocycles. The van der Waals surface area contributed by atoms with Gasteiger partial charge in [-0.2, -0.15) is 0 Å². The number of hydrogen-bond donors (Lipinski definition) is 0. The maximum atomic E-state index is 12.8. The van der Waals surface area contributed by atoms with Crippen molar-refractivity contribution in [2.75, 3.05) is 0 Å². The van der Waals surface area contributed by atoms with Crippen LogP contribution in [0.15, 0.2) is 41.0 Å². The maximum absolute atomic E-state index is 12.8. The number of carbonyl (C=O) groups is 5. The summed E-state index contributed by atoms with van der Waals surface area (Å²) in [5, 5.41) is 0. The summed E-state index contributed by atoms with van der Waals surface area (Å²) in [5.41, 5.74) is 1.06. The fraction of sp³-hybridized carbons (Fsp3) is 0.167.